The molecule has 3 aliphatic heterocycles. The predicted molar refractivity (Wildman–Crippen MR) is 184 cm³/mol. The van der Waals surface area contributed by atoms with Crippen molar-refractivity contribution in [2.24, 2.45) is 4.99 Å². The number of carbonyl (C=O) groups excluding carboxylic acids is 2. The highest BCUT2D eigenvalue weighted by atomic mass is 35.5. The molecule has 2 N–H and O–H groups in total. The summed E-state index contributed by atoms with van der Waals surface area (Å²) in [4.78, 5) is 57.6. The number of methoxy groups -OCH3 is 1. The first kappa shape index (κ1) is 32.8. The molecule has 0 spiro atoms. The van der Waals surface area contributed by atoms with E-state index in [2.05, 4.69) is 15.2 Å². The number of carboxylic acids is 1. The van der Waals surface area contributed by atoms with Crippen LogP contribution in [-0.4, -0.2) is 94.6 Å². The zero-order valence-corrected chi connectivity index (χ0v) is 28.4. The van der Waals surface area contributed by atoms with E-state index in [1.807, 2.05) is 27.8 Å². The second-order valence-electron chi connectivity index (χ2n) is 11.7. The molecule has 2 aromatic heterocycles. The summed E-state index contributed by atoms with van der Waals surface area (Å²) < 4.78 is 19.2. The topological polar surface area (TPSA) is 141 Å². The monoisotopic (exact) mass is 721 g/mol. The van der Waals surface area contributed by atoms with Crippen LogP contribution >= 0.6 is 34.3 Å². The molecule has 2 atom stereocenters. The second-order valence-corrected chi connectivity index (χ2v) is 13.8. The number of aromatic nitrogens is 2. The van der Waals surface area contributed by atoms with Crippen LogP contribution in [0.15, 0.2) is 75.7 Å². The number of carbonyl (C=O) groups is 3. The zero-order valence-electron chi connectivity index (χ0n) is 26.0. The third kappa shape index (κ3) is 6.66. The van der Waals surface area contributed by atoms with Crippen LogP contribution in [0.4, 0.5) is 14.3 Å². The molecule has 2 aromatic carbocycles. The molecule has 0 bridgehead atoms. The van der Waals surface area contributed by atoms with Crippen LogP contribution in [-0.2, 0) is 20.7 Å². The number of aliphatic imine (C=N–C) groups is 1. The molecule has 4 aromatic rings. The first-order valence-electron chi connectivity index (χ1n) is 15.3. The van der Waals surface area contributed by atoms with Gasteiger partial charge in [-0.25, -0.2) is 23.9 Å². The number of esters is 1. The summed E-state index contributed by atoms with van der Waals surface area (Å²) in [5.74, 6) is -1.53. The Kier molecular flexibility index (Phi) is 9.15. The van der Waals surface area contributed by atoms with Crippen LogP contribution in [0.5, 0.6) is 0 Å². The van der Waals surface area contributed by atoms with Crippen molar-refractivity contribution in [2.45, 2.75) is 18.5 Å². The number of hydrogen-bond acceptors (Lipinski definition) is 11. The van der Waals surface area contributed by atoms with Gasteiger partial charge in [-0.2, -0.15) is 0 Å². The molecule has 16 heteroatoms. The first-order chi connectivity index (χ1) is 23.7. The number of piperazine rings is 1. The average Bonchev–Trinajstić information content (AvgIpc) is 3.86. The van der Waals surface area contributed by atoms with Gasteiger partial charge in [0.15, 0.2) is 16.0 Å². The molecule has 1 unspecified atom stereocenters. The summed E-state index contributed by atoms with van der Waals surface area (Å²) in [5.41, 5.74) is 3.52. The van der Waals surface area contributed by atoms with E-state index in [1.54, 1.807) is 23.2 Å². The number of anilines is 1. The number of thiazole rings is 2. The summed E-state index contributed by atoms with van der Waals surface area (Å²) in [7, 11) is 1.30. The lowest BCUT2D eigenvalue weighted by molar-refractivity contribution is -0.137. The number of fused-ring (bicyclic) bond motifs is 1. The number of rotatable bonds is 9. The quantitative estimate of drug-likeness (QED) is 0.233. The van der Waals surface area contributed by atoms with Crippen LogP contribution in [0.2, 0.25) is 5.02 Å². The fourth-order valence-electron chi connectivity index (χ4n) is 6.26. The Hall–Kier alpha value is -4.70. The fourth-order valence-corrected chi connectivity index (χ4v) is 7.95. The minimum Gasteiger partial charge on any atom is -0.481 e. The van der Waals surface area contributed by atoms with Crippen molar-refractivity contribution < 1.29 is 28.6 Å². The van der Waals surface area contributed by atoms with Gasteiger partial charge in [0.05, 0.1) is 37.4 Å². The van der Waals surface area contributed by atoms with Crippen molar-refractivity contribution in [2.75, 3.05) is 44.7 Å². The van der Waals surface area contributed by atoms with Crippen LogP contribution in [0.1, 0.15) is 22.2 Å². The molecular formula is C33H29ClFN7O5S2. The summed E-state index contributed by atoms with van der Waals surface area (Å²) in [6, 6.07) is 10.1. The van der Waals surface area contributed by atoms with Gasteiger partial charge in [-0.1, -0.05) is 41.9 Å². The Labute approximate surface area is 293 Å². The molecule has 7 rings (SSSR count). The summed E-state index contributed by atoms with van der Waals surface area (Å²) in [6.45, 7) is 2.33. The lowest BCUT2D eigenvalue weighted by Crippen LogP contribution is -2.53. The van der Waals surface area contributed by atoms with Crippen LogP contribution in [0.3, 0.4) is 0 Å². The van der Waals surface area contributed by atoms with Crippen molar-refractivity contribution in [3.05, 3.63) is 97.7 Å². The smallest absolute Gasteiger partial charge is 0.338 e. The molecule has 2 saturated heterocycles. The van der Waals surface area contributed by atoms with Gasteiger partial charge in [0, 0.05) is 65.0 Å². The lowest BCUT2D eigenvalue weighted by atomic mass is 9.95. The highest BCUT2D eigenvalue weighted by Crippen LogP contribution is 2.38. The molecule has 0 aliphatic carbocycles. The SMILES string of the molecule is COC(=O)C1=C(CN2CCN3C(=O)N(c4nc(-c5ccc(CC(=O)O)cc5)cs4)C[C@@H]3C2)NC(c2nccs2)=NC1c1ccc(F)cc1Cl. The summed E-state index contributed by atoms with van der Waals surface area (Å²) in [5, 5.41) is 17.4. The number of nitrogens with one attached hydrogen (secondary N) is 1. The number of amides is 2. The zero-order chi connectivity index (χ0) is 34.2. The van der Waals surface area contributed by atoms with Crippen LogP contribution in [0, 0.1) is 5.82 Å². The van der Waals surface area contributed by atoms with Crippen molar-refractivity contribution in [1.82, 2.24) is 25.1 Å². The number of aliphatic carboxylic acids is 1. The van der Waals surface area contributed by atoms with E-state index < -0.39 is 23.8 Å². The maximum Gasteiger partial charge on any atom is 0.338 e. The summed E-state index contributed by atoms with van der Waals surface area (Å²) in [6.07, 6.45) is 1.61. The highest BCUT2D eigenvalue weighted by Gasteiger charge is 2.43. The predicted octanol–water partition coefficient (Wildman–Crippen LogP) is 4.83. The number of amidine groups is 1. The Morgan fingerprint density at radius 3 is 2.67 bits per heavy atom. The molecular weight excluding hydrogens is 693 g/mol. The highest BCUT2D eigenvalue weighted by molar-refractivity contribution is 7.14. The second kappa shape index (κ2) is 13.7. The normalized spacial score (nSPS) is 19.5. The van der Waals surface area contributed by atoms with Crippen LogP contribution < -0.4 is 10.2 Å². The van der Waals surface area contributed by atoms with Crippen molar-refractivity contribution in [3.8, 4) is 11.3 Å². The van der Waals surface area contributed by atoms with E-state index in [-0.39, 0.29) is 29.1 Å². The van der Waals surface area contributed by atoms with E-state index in [0.717, 1.165) is 5.56 Å². The number of benzene rings is 2. The molecule has 5 heterocycles. The van der Waals surface area contributed by atoms with E-state index in [9.17, 15) is 18.8 Å². The Morgan fingerprint density at radius 2 is 1.96 bits per heavy atom. The van der Waals surface area contributed by atoms with E-state index >= 15 is 0 Å². The number of halogens is 2. The van der Waals surface area contributed by atoms with Crippen molar-refractivity contribution >= 4 is 63.2 Å². The molecule has 0 saturated carbocycles. The molecule has 2 amide bonds. The van der Waals surface area contributed by atoms with E-state index in [0.29, 0.717) is 71.2 Å². The van der Waals surface area contributed by atoms with Gasteiger partial charge in [-0.05, 0) is 17.7 Å². The molecule has 12 nitrogen and oxygen atoms in total. The number of hydrogen-bond donors (Lipinski definition) is 2. The van der Waals surface area contributed by atoms with Crippen molar-refractivity contribution in [3.63, 3.8) is 0 Å². The van der Waals surface area contributed by atoms with Gasteiger partial charge in [-0.3, -0.25) is 19.6 Å². The molecule has 0 radical (unpaired) electrons. The van der Waals surface area contributed by atoms with Gasteiger partial charge in [0.1, 0.15) is 11.9 Å². The number of urea groups is 1. The third-order valence-electron chi connectivity index (χ3n) is 8.57. The Morgan fingerprint density at radius 1 is 1.14 bits per heavy atom. The molecule has 252 valence electrons. The van der Waals surface area contributed by atoms with Crippen molar-refractivity contribution in [1.29, 1.82) is 0 Å². The van der Waals surface area contributed by atoms with Gasteiger partial charge in [-0.15, -0.1) is 22.7 Å². The minimum absolute atomic E-state index is 0.0553. The molecule has 49 heavy (non-hydrogen) atoms. The van der Waals surface area contributed by atoms with E-state index in [4.69, 9.17) is 31.4 Å². The van der Waals surface area contributed by atoms with Gasteiger partial charge >= 0.3 is 18.0 Å². The fraction of sp³-hybridized carbons (Fsp3) is 0.273. The lowest BCUT2D eigenvalue weighted by Gasteiger charge is -2.38. The van der Waals surface area contributed by atoms with Gasteiger partial charge in [0.25, 0.3) is 0 Å². The minimum atomic E-state index is -0.893. The summed E-state index contributed by atoms with van der Waals surface area (Å²) >= 11 is 9.26. The maximum atomic E-state index is 14.0. The van der Waals surface area contributed by atoms with Crippen LogP contribution in [0.25, 0.3) is 11.3 Å². The van der Waals surface area contributed by atoms with Gasteiger partial charge in [0.2, 0.25) is 0 Å². The Balaban J connectivity index is 1.11. The van der Waals surface area contributed by atoms with Gasteiger partial charge < -0.3 is 20.1 Å². The number of nitrogens with zero attached hydrogens (tertiary/aromatic N) is 6. The third-order valence-corrected chi connectivity index (χ3v) is 10.5. The number of carboxylic acid groups (broad SMARTS) is 1. The largest absolute Gasteiger partial charge is 0.481 e. The standard InChI is InChI=1S/C33H29ClFN7O5S2/c1-47-31(45)27-24(37-29(30-36-8-11-48-30)39-28(27)22-7-6-20(35)13-23(22)34)16-40-9-10-41-21(14-40)15-42(33(41)46)32-38-25(17-49-32)19-4-2-18(3-5-19)12-26(43)44/h2-8,11,13,17,21,28H,9-10,12,14-16H2,1H3,(H,37,39)(H,43,44)/t21-,28?/m0/s1. The number of ether oxygens (including phenoxy) is 1. The molecule has 2 fully saturated rings. The van der Waals surface area contributed by atoms with E-state index in [1.165, 1.54) is 48.0 Å². The first-order valence-corrected chi connectivity index (χ1v) is 17.4. The average molecular weight is 722 g/mol. The maximum absolute atomic E-state index is 14.0. The molecule has 3 aliphatic rings. The Bertz CT molecular complexity index is 1980.